The van der Waals surface area contributed by atoms with E-state index in [0.717, 1.165) is 16.6 Å². The fraction of sp³-hybridized carbons (Fsp3) is 0.316. The summed E-state index contributed by atoms with van der Waals surface area (Å²) in [5.41, 5.74) is 9.62. The van der Waals surface area contributed by atoms with Gasteiger partial charge in [-0.2, -0.15) is 0 Å². The fourth-order valence-electron chi connectivity index (χ4n) is 2.35. The molecule has 0 amide bonds. The van der Waals surface area contributed by atoms with Crippen LogP contribution in [0.3, 0.4) is 0 Å². The number of halogens is 1. The maximum absolute atomic E-state index is 6.18. The van der Waals surface area contributed by atoms with Gasteiger partial charge < -0.3 is 5.73 Å². The number of hydrogen-bond donors (Lipinski definition) is 1. The van der Waals surface area contributed by atoms with Crippen LogP contribution in [0.1, 0.15) is 37.8 Å². The Morgan fingerprint density at radius 1 is 1.00 bits per heavy atom. The SMILES string of the molecule is CC(C)Cc1ccc([C@@H](C)C(N)=Nc2ccc(Br)cc2)cc1. The van der Waals surface area contributed by atoms with Crippen molar-refractivity contribution in [1.82, 2.24) is 0 Å². The van der Waals surface area contributed by atoms with Crippen molar-refractivity contribution < 1.29 is 0 Å². The zero-order valence-electron chi connectivity index (χ0n) is 13.4. The molecular formula is C19H23BrN2. The average molecular weight is 359 g/mol. The van der Waals surface area contributed by atoms with Crippen molar-refractivity contribution in [1.29, 1.82) is 0 Å². The summed E-state index contributed by atoms with van der Waals surface area (Å²) in [6.07, 6.45) is 1.11. The van der Waals surface area contributed by atoms with Crippen LogP contribution >= 0.6 is 15.9 Å². The minimum absolute atomic E-state index is 0.108. The Balaban J connectivity index is 2.12. The Morgan fingerprint density at radius 3 is 2.14 bits per heavy atom. The van der Waals surface area contributed by atoms with E-state index in [9.17, 15) is 0 Å². The van der Waals surface area contributed by atoms with Crippen LogP contribution in [0, 0.1) is 5.92 Å². The van der Waals surface area contributed by atoms with Crippen molar-refractivity contribution in [3.05, 3.63) is 64.1 Å². The van der Waals surface area contributed by atoms with Crippen molar-refractivity contribution >= 4 is 27.5 Å². The van der Waals surface area contributed by atoms with Crippen LogP contribution in [-0.2, 0) is 6.42 Å². The van der Waals surface area contributed by atoms with Crippen molar-refractivity contribution in [2.75, 3.05) is 0 Å². The summed E-state index contributed by atoms with van der Waals surface area (Å²) in [7, 11) is 0. The second-order valence-electron chi connectivity index (χ2n) is 6.07. The number of rotatable bonds is 5. The third-order valence-electron chi connectivity index (χ3n) is 3.65. The normalized spacial score (nSPS) is 13.4. The Labute approximate surface area is 141 Å². The zero-order chi connectivity index (χ0) is 16.1. The van der Waals surface area contributed by atoms with Gasteiger partial charge in [0.15, 0.2) is 0 Å². The van der Waals surface area contributed by atoms with Gasteiger partial charge in [-0.1, -0.05) is 61.0 Å². The van der Waals surface area contributed by atoms with E-state index in [0.29, 0.717) is 11.8 Å². The molecule has 0 fully saturated rings. The smallest absolute Gasteiger partial charge is 0.107 e. The van der Waals surface area contributed by atoms with Gasteiger partial charge in [0.25, 0.3) is 0 Å². The fourth-order valence-corrected chi connectivity index (χ4v) is 2.61. The standard InChI is InChI=1S/C19H23BrN2/c1-13(2)12-15-4-6-16(7-5-15)14(3)19(21)22-18-10-8-17(20)9-11-18/h4-11,13-14H,12H2,1-3H3,(H2,21,22)/t14-/m1/s1. The summed E-state index contributed by atoms with van der Waals surface area (Å²) in [5.74, 6) is 1.42. The topological polar surface area (TPSA) is 38.4 Å². The number of nitrogens with zero attached hydrogens (tertiary/aromatic N) is 1. The van der Waals surface area contributed by atoms with Crippen molar-refractivity contribution in [2.24, 2.45) is 16.6 Å². The third-order valence-corrected chi connectivity index (χ3v) is 4.18. The molecule has 1 atom stereocenters. The van der Waals surface area contributed by atoms with Crippen molar-refractivity contribution in [3.63, 3.8) is 0 Å². The molecular weight excluding hydrogens is 336 g/mol. The van der Waals surface area contributed by atoms with E-state index in [-0.39, 0.29) is 5.92 Å². The minimum Gasteiger partial charge on any atom is -0.387 e. The molecule has 0 aliphatic rings. The van der Waals surface area contributed by atoms with Crippen LogP contribution < -0.4 is 5.73 Å². The third kappa shape index (κ3) is 4.70. The number of hydrogen-bond acceptors (Lipinski definition) is 1. The van der Waals surface area contributed by atoms with Crippen LogP contribution in [-0.4, -0.2) is 5.84 Å². The summed E-state index contributed by atoms with van der Waals surface area (Å²) in [4.78, 5) is 4.52. The summed E-state index contributed by atoms with van der Waals surface area (Å²) < 4.78 is 1.04. The lowest BCUT2D eigenvalue weighted by molar-refractivity contribution is 0.647. The van der Waals surface area contributed by atoms with Gasteiger partial charge in [0, 0.05) is 10.4 Å². The Kier molecular flexibility index (Phi) is 5.78. The van der Waals surface area contributed by atoms with Gasteiger partial charge in [-0.25, -0.2) is 4.99 Å². The van der Waals surface area contributed by atoms with Crippen molar-refractivity contribution in [2.45, 2.75) is 33.1 Å². The molecule has 0 spiro atoms. The molecule has 0 heterocycles. The predicted molar refractivity (Wildman–Crippen MR) is 98.8 cm³/mol. The molecule has 0 aliphatic carbocycles. The highest BCUT2D eigenvalue weighted by Gasteiger charge is 2.10. The van der Waals surface area contributed by atoms with E-state index in [4.69, 9.17) is 5.73 Å². The van der Waals surface area contributed by atoms with E-state index in [1.807, 2.05) is 24.3 Å². The van der Waals surface area contributed by atoms with Crippen LogP contribution in [0.4, 0.5) is 5.69 Å². The lowest BCUT2D eigenvalue weighted by atomic mass is 9.96. The van der Waals surface area contributed by atoms with Crippen LogP contribution in [0.5, 0.6) is 0 Å². The summed E-state index contributed by atoms with van der Waals surface area (Å²) >= 11 is 3.42. The molecule has 0 unspecified atom stereocenters. The summed E-state index contributed by atoms with van der Waals surface area (Å²) in [6.45, 7) is 6.56. The van der Waals surface area contributed by atoms with Crippen LogP contribution in [0.25, 0.3) is 0 Å². The molecule has 2 nitrogen and oxygen atoms in total. The molecule has 0 aromatic heterocycles. The average Bonchev–Trinajstić information content (AvgIpc) is 2.49. The maximum atomic E-state index is 6.18. The summed E-state index contributed by atoms with van der Waals surface area (Å²) in [6, 6.07) is 16.6. The van der Waals surface area contributed by atoms with E-state index < -0.39 is 0 Å². The molecule has 0 radical (unpaired) electrons. The molecule has 0 bridgehead atoms. The zero-order valence-corrected chi connectivity index (χ0v) is 15.0. The molecule has 3 heteroatoms. The van der Waals surface area contributed by atoms with Crippen LogP contribution in [0.15, 0.2) is 58.0 Å². The molecule has 2 aromatic carbocycles. The molecule has 22 heavy (non-hydrogen) atoms. The number of amidine groups is 1. The Morgan fingerprint density at radius 2 is 1.59 bits per heavy atom. The van der Waals surface area contributed by atoms with E-state index in [1.54, 1.807) is 0 Å². The quantitative estimate of drug-likeness (QED) is 0.560. The van der Waals surface area contributed by atoms with E-state index >= 15 is 0 Å². The van der Waals surface area contributed by atoms with Gasteiger partial charge in [0.05, 0.1) is 5.69 Å². The molecule has 2 N–H and O–H groups in total. The Hall–Kier alpha value is -1.61. The number of nitrogens with two attached hydrogens (primary N) is 1. The van der Waals surface area contributed by atoms with Gasteiger partial charge in [0.2, 0.25) is 0 Å². The van der Waals surface area contributed by atoms with Gasteiger partial charge in [-0.05, 0) is 47.7 Å². The highest BCUT2D eigenvalue weighted by atomic mass is 79.9. The lowest BCUT2D eigenvalue weighted by Crippen LogP contribution is -2.19. The first-order valence-corrected chi connectivity index (χ1v) is 8.43. The second kappa shape index (κ2) is 7.59. The monoisotopic (exact) mass is 358 g/mol. The summed E-state index contributed by atoms with van der Waals surface area (Å²) in [5, 5.41) is 0. The van der Waals surface area contributed by atoms with Gasteiger partial charge in [-0.3, -0.25) is 0 Å². The first kappa shape index (κ1) is 16.8. The first-order chi connectivity index (χ1) is 10.5. The van der Waals surface area contributed by atoms with Crippen molar-refractivity contribution in [3.8, 4) is 0 Å². The highest BCUT2D eigenvalue weighted by Crippen LogP contribution is 2.21. The van der Waals surface area contributed by atoms with Gasteiger partial charge >= 0.3 is 0 Å². The molecule has 2 rings (SSSR count). The molecule has 2 aromatic rings. The predicted octanol–water partition coefficient (Wildman–Crippen LogP) is 5.44. The van der Waals surface area contributed by atoms with Gasteiger partial charge in [0.1, 0.15) is 5.84 Å². The van der Waals surface area contributed by atoms with E-state index in [2.05, 4.69) is 66.0 Å². The number of benzene rings is 2. The first-order valence-electron chi connectivity index (χ1n) is 7.64. The molecule has 0 aliphatic heterocycles. The van der Waals surface area contributed by atoms with Gasteiger partial charge in [-0.15, -0.1) is 0 Å². The second-order valence-corrected chi connectivity index (χ2v) is 6.99. The molecule has 0 saturated carbocycles. The number of aliphatic imine (C=N–C) groups is 1. The van der Waals surface area contributed by atoms with Crippen LogP contribution in [0.2, 0.25) is 0 Å². The maximum Gasteiger partial charge on any atom is 0.107 e. The Bertz CT molecular complexity index is 627. The lowest BCUT2D eigenvalue weighted by Gasteiger charge is -2.13. The largest absolute Gasteiger partial charge is 0.387 e. The molecule has 0 saturated heterocycles. The minimum atomic E-state index is 0.108. The highest BCUT2D eigenvalue weighted by molar-refractivity contribution is 9.10. The molecule has 116 valence electrons. The van der Waals surface area contributed by atoms with E-state index in [1.165, 1.54) is 11.1 Å².